The lowest BCUT2D eigenvalue weighted by Gasteiger charge is -2.19. The van der Waals surface area contributed by atoms with Crippen LogP contribution in [0.1, 0.15) is 71.5 Å². The van der Waals surface area contributed by atoms with Crippen molar-refractivity contribution in [2.45, 2.75) is 83.4 Å². The minimum absolute atomic E-state index is 0. The van der Waals surface area contributed by atoms with Crippen LogP contribution in [0.15, 0.2) is 101 Å². The van der Waals surface area contributed by atoms with Gasteiger partial charge in [0.1, 0.15) is 3.70 Å². The second-order valence-electron chi connectivity index (χ2n) is 14.7. The van der Waals surface area contributed by atoms with Crippen molar-refractivity contribution in [1.82, 2.24) is 30.0 Å². The molecular formula is C39H45Cl2IN8O4S2. The average molecular weight is 952 g/mol. The van der Waals surface area contributed by atoms with E-state index in [0.29, 0.717) is 32.8 Å². The van der Waals surface area contributed by atoms with Crippen LogP contribution in [-0.4, -0.2) is 46.8 Å². The van der Waals surface area contributed by atoms with E-state index in [9.17, 15) is 16.8 Å². The van der Waals surface area contributed by atoms with Gasteiger partial charge in [-0.3, -0.25) is 9.44 Å². The number of aromatic nitrogens is 6. The highest BCUT2D eigenvalue weighted by molar-refractivity contribution is 14.1. The van der Waals surface area contributed by atoms with E-state index in [1.807, 2.05) is 38.1 Å². The lowest BCUT2D eigenvalue weighted by Crippen LogP contribution is -2.16. The van der Waals surface area contributed by atoms with E-state index in [1.54, 1.807) is 71.5 Å². The fraction of sp³-hybridized carbons (Fsp3) is 0.282. The summed E-state index contributed by atoms with van der Waals surface area (Å²) >= 11 is 14.3. The number of anilines is 2. The zero-order valence-corrected chi connectivity index (χ0v) is 36.7. The van der Waals surface area contributed by atoms with Gasteiger partial charge in [-0.05, 0) is 119 Å². The highest BCUT2D eigenvalue weighted by Crippen LogP contribution is 2.31. The van der Waals surface area contributed by atoms with Gasteiger partial charge in [0.25, 0.3) is 20.0 Å². The van der Waals surface area contributed by atoms with Gasteiger partial charge < -0.3 is 0 Å². The van der Waals surface area contributed by atoms with Crippen molar-refractivity contribution in [2.75, 3.05) is 9.44 Å². The van der Waals surface area contributed by atoms with E-state index >= 15 is 0 Å². The molecule has 6 rings (SSSR count). The molecule has 0 aliphatic rings. The van der Waals surface area contributed by atoms with Crippen LogP contribution in [0.25, 0.3) is 11.4 Å². The van der Waals surface area contributed by atoms with Crippen LogP contribution in [0.3, 0.4) is 0 Å². The van der Waals surface area contributed by atoms with Gasteiger partial charge in [-0.1, -0.05) is 107 Å². The molecule has 4 aromatic carbocycles. The first-order valence-electron chi connectivity index (χ1n) is 16.9. The number of halogens is 3. The van der Waals surface area contributed by atoms with E-state index < -0.39 is 20.0 Å². The molecule has 0 aliphatic heterocycles. The van der Waals surface area contributed by atoms with Crippen molar-refractivity contribution < 1.29 is 16.8 Å². The van der Waals surface area contributed by atoms with Crippen LogP contribution in [0.4, 0.5) is 11.4 Å². The Balaban J connectivity index is 0.000000244. The topological polar surface area (TPSA) is 154 Å². The number of benzene rings is 4. The molecule has 0 aliphatic carbocycles. The zero-order valence-electron chi connectivity index (χ0n) is 31.4. The molecule has 0 atom stereocenters. The quantitative estimate of drug-likeness (QED) is 0.143. The second-order valence-corrected chi connectivity index (χ2v) is 20.0. The molecule has 298 valence electrons. The number of nitrogens with zero attached hydrogens (tertiary/aromatic N) is 6. The first-order valence-corrected chi connectivity index (χ1v) is 21.7. The maximum atomic E-state index is 12.9. The van der Waals surface area contributed by atoms with Gasteiger partial charge in [0.2, 0.25) is 0 Å². The number of hydrogen-bond donors (Lipinski definition) is 2. The number of sulfonamides is 2. The molecule has 2 N–H and O–H groups in total. The summed E-state index contributed by atoms with van der Waals surface area (Å²) in [5.41, 5.74) is 5.32. The summed E-state index contributed by atoms with van der Waals surface area (Å²) in [6, 6.07) is 23.6. The first kappa shape index (κ1) is 44.7. The van der Waals surface area contributed by atoms with Crippen LogP contribution in [0, 0.1) is 17.5 Å². The third-order valence-electron chi connectivity index (χ3n) is 8.48. The average Bonchev–Trinajstić information content (AvgIpc) is 3.69. The Morgan fingerprint density at radius 2 is 1.04 bits per heavy atom. The minimum Gasteiger partial charge on any atom is -0.277 e. The Kier molecular flexibility index (Phi) is 13.7. The van der Waals surface area contributed by atoms with Crippen molar-refractivity contribution in [2.24, 2.45) is 0 Å². The van der Waals surface area contributed by atoms with Crippen LogP contribution < -0.4 is 9.44 Å². The second kappa shape index (κ2) is 17.2. The minimum atomic E-state index is -3.78. The van der Waals surface area contributed by atoms with Gasteiger partial charge in [-0.2, -0.15) is 0 Å². The van der Waals surface area contributed by atoms with Crippen LogP contribution in [-0.2, 0) is 30.9 Å². The Morgan fingerprint density at radius 3 is 1.38 bits per heavy atom. The van der Waals surface area contributed by atoms with Gasteiger partial charge in [0.15, 0.2) is 0 Å². The van der Waals surface area contributed by atoms with E-state index in [0.717, 1.165) is 26.2 Å². The third-order valence-corrected chi connectivity index (χ3v) is 12.7. The molecule has 0 amide bonds. The summed E-state index contributed by atoms with van der Waals surface area (Å²) in [5.74, 6) is 0. The van der Waals surface area contributed by atoms with Crippen molar-refractivity contribution in [3.8, 4) is 11.4 Å². The summed E-state index contributed by atoms with van der Waals surface area (Å²) in [6.07, 6.45) is 1.59. The largest absolute Gasteiger partial charge is 0.277 e. The maximum absolute atomic E-state index is 12.9. The van der Waals surface area contributed by atoms with Crippen LogP contribution >= 0.6 is 45.8 Å². The van der Waals surface area contributed by atoms with Gasteiger partial charge in [-0.25, -0.2) is 26.2 Å². The number of rotatable bonds is 8. The Hall–Kier alpha value is -4.03. The number of nitrogens with one attached hydrogen (secondary N) is 2. The van der Waals surface area contributed by atoms with Crippen LogP contribution in [0.2, 0.25) is 10.0 Å². The molecule has 0 saturated heterocycles. The molecule has 0 bridgehead atoms. The molecule has 12 nitrogen and oxygen atoms in total. The Morgan fingerprint density at radius 1 is 0.625 bits per heavy atom. The van der Waals surface area contributed by atoms with E-state index in [1.165, 1.54) is 4.68 Å². The van der Waals surface area contributed by atoms with Gasteiger partial charge >= 0.3 is 0 Å². The van der Waals surface area contributed by atoms with Gasteiger partial charge in [0, 0.05) is 10.0 Å². The predicted octanol–water partition coefficient (Wildman–Crippen LogP) is 9.90. The lowest BCUT2D eigenvalue weighted by atomic mass is 9.87. The fourth-order valence-corrected chi connectivity index (χ4v) is 8.08. The molecule has 0 unspecified atom stereocenters. The zero-order chi connectivity index (χ0) is 40.5. The Bertz CT molecular complexity index is 2550. The predicted molar refractivity (Wildman–Crippen MR) is 234 cm³/mol. The molecule has 17 heteroatoms. The highest BCUT2D eigenvalue weighted by Gasteiger charge is 2.22. The summed E-state index contributed by atoms with van der Waals surface area (Å²) in [5, 5.41) is 16.9. The molecule has 0 fully saturated rings. The highest BCUT2D eigenvalue weighted by atomic mass is 127. The van der Waals surface area contributed by atoms with Crippen LogP contribution in [0.5, 0.6) is 0 Å². The maximum Gasteiger partial charge on any atom is 0.261 e. The molecule has 6 aromatic rings. The SMILES string of the molecule is C.Cc1c(I)nnn1-c1cc(Cl)ccc1NS(=O)(=O)c1ccc(C(C)(C)C)cc1.Cc1cnnn1-c1cc(Cl)ccc1NS(=O)(=O)c1ccc(C(C)(C)C)cc1. The number of aryl methyl sites for hydroxylation is 1. The molecule has 56 heavy (non-hydrogen) atoms. The van der Waals surface area contributed by atoms with Gasteiger partial charge in [-0.15, -0.1) is 10.2 Å². The molecule has 0 radical (unpaired) electrons. The molecule has 0 saturated carbocycles. The third kappa shape index (κ3) is 10.5. The smallest absolute Gasteiger partial charge is 0.261 e. The molecule has 2 aromatic heterocycles. The summed E-state index contributed by atoms with van der Waals surface area (Å²) < 4.78 is 60.7. The summed E-state index contributed by atoms with van der Waals surface area (Å²) in [6.45, 7) is 16.2. The first-order chi connectivity index (χ1) is 25.6. The number of hydrogen-bond acceptors (Lipinski definition) is 8. The Labute approximate surface area is 353 Å². The normalized spacial score (nSPS) is 12.0. The van der Waals surface area contributed by atoms with Crippen molar-refractivity contribution in [3.63, 3.8) is 0 Å². The van der Waals surface area contributed by atoms with E-state index in [-0.39, 0.29) is 28.0 Å². The van der Waals surface area contributed by atoms with E-state index in [4.69, 9.17) is 23.2 Å². The molecule has 0 spiro atoms. The lowest BCUT2D eigenvalue weighted by molar-refractivity contribution is 0.587. The standard InChI is InChI=1S/C19H20ClIN4O2S.C19H21ClN4O2S.CH4/c1-12-18(21)22-24-25(12)17-11-14(20)7-10-16(17)23-28(26,27)15-8-5-13(6-9-15)19(2,3)4;1-13-12-21-23-24(13)18-11-15(20)7-10-17(18)22-27(25,26)16-8-5-14(6-9-16)19(2,3)4;/h5-11,23H,1-4H3;5-12,22H,1-4H3;1H4. The van der Waals surface area contributed by atoms with Crippen molar-refractivity contribution in [1.29, 1.82) is 0 Å². The molecular weight excluding hydrogens is 906 g/mol. The van der Waals surface area contributed by atoms with Crippen molar-refractivity contribution >= 4 is 77.2 Å². The van der Waals surface area contributed by atoms with E-state index in [2.05, 4.69) is 94.2 Å². The van der Waals surface area contributed by atoms with Crippen molar-refractivity contribution in [3.05, 3.63) is 127 Å². The van der Waals surface area contributed by atoms with Gasteiger partial charge in [0.05, 0.1) is 50.1 Å². The summed E-state index contributed by atoms with van der Waals surface area (Å²) in [4.78, 5) is 0.373. The molecule has 2 heterocycles. The monoisotopic (exact) mass is 950 g/mol. The fourth-order valence-electron chi connectivity index (χ4n) is 5.27. The summed E-state index contributed by atoms with van der Waals surface area (Å²) in [7, 11) is -7.55.